The predicted molar refractivity (Wildman–Crippen MR) is 67.4 cm³/mol. The zero-order valence-corrected chi connectivity index (χ0v) is 10.5. The fourth-order valence-corrected chi connectivity index (χ4v) is 2.25. The largest absolute Gasteiger partial charge is 0.397 e. The molecule has 7 heteroatoms. The third-order valence-corrected chi connectivity index (χ3v) is 3.01. The van der Waals surface area contributed by atoms with E-state index in [0.717, 1.165) is 0 Å². The standard InChI is InChI=1S/C10H9ClN4OS/c1-5-4-8(16)15-10(13-5)17-9-6(12)2-3-7(11)14-9/h2-4H,12H2,1H3,(H,13,15,16). The van der Waals surface area contributed by atoms with Crippen LogP contribution in [0.5, 0.6) is 0 Å². The highest BCUT2D eigenvalue weighted by atomic mass is 35.5. The summed E-state index contributed by atoms with van der Waals surface area (Å²) < 4.78 is 0. The lowest BCUT2D eigenvalue weighted by molar-refractivity contribution is 0.902. The summed E-state index contributed by atoms with van der Waals surface area (Å²) in [5.41, 5.74) is 6.67. The van der Waals surface area contributed by atoms with Crippen LogP contribution in [0.4, 0.5) is 5.69 Å². The van der Waals surface area contributed by atoms with Crippen LogP contribution in [-0.2, 0) is 0 Å². The van der Waals surface area contributed by atoms with Crippen molar-refractivity contribution in [2.75, 3.05) is 5.73 Å². The van der Waals surface area contributed by atoms with E-state index in [-0.39, 0.29) is 5.56 Å². The van der Waals surface area contributed by atoms with E-state index in [9.17, 15) is 4.79 Å². The summed E-state index contributed by atoms with van der Waals surface area (Å²) >= 11 is 6.94. The van der Waals surface area contributed by atoms with E-state index in [1.54, 1.807) is 19.1 Å². The van der Waals surface area contributed by atoms with Crippen LogP contribution in [0.15, 0.2) is 33.2 Å². The zero-order valence-electron chi connectivity index (χ0n) is 8.90. The molecule has 2 aromatic rings. The monoisotopic (exact) mass is 268 g/mol. The van der Waals surface area contributed by atoms with E-state index >= 15 is 0 Å². The maximum Gasteiger partial charge on any atom is 0.251 e. The molecule has 0 aliphatic rings. The van der Waals surface area contributed by atoms with E-state index in [1.807, 2.05) is 0 Å². The smallest absolute Gasteiger partial charge is 0.251 e. The van der Waals surface area contributed by atoms with Crippen molar-refractivity contribution in [3.05, 3.63) is 39.4 Å². The number of rotatable bonds is 2. The number of nitrogens with zero attached hydrogens (tertiary/aromatic N) is 2. The van der Waals surface area contributed by atoms with Gasteiger partial charge in [0.25, 0.3) is 5.56 Å². The van der Waals surface area contributed by atoms with E-state index in [4.69, 9.17) is 17.3 Å². The van der Waals surface area contributed by atoms with Gasteiger partial charge in [-0.1, -0.05) is 11.6 Å². The van der Waals surface area contributed by atoms with Gasteiger partial charge < -0.3 is 10.7 Å². The Balaban J connectivity index is 2.37. The molecule has 0 aromatic carbocycles. The van der Waals surface area contributed by atoms with Gasteiger partial charge in [0.05, 0.1) is 5.69 Å². The number of aryl methyl sites for hydroxylation is 1. The lowest BCUT2D eigenvalue weighted by Crippen LogP contribution is -2.08. The first kappa shape index (κ1) is 11.9. The van der Waals surface area contributed by atoms with Crippen molar-refractivity contribution < 1.29 is 0 Å². The number of pyridine rings is 1. The molecule has 0 aliphatic heterocycles. The average Bonchev–Trinajstić information content (AvgIpc) is 2.22. The van der Waals surface area contributed by atoms with Crippen molar-refractivity contribution in [2.45, 2.75) is 17.1 Å². The van der Waals surface area contributed by atoms with Crippen molar-refractivity contribution in [3.63, 3.8) is 0 Å². The highest BCUT2D eigenvalue weighted by Gasteiger charge is 2.07. The van der Waals surface area contributed by atoms with Crippen LogP contribution >= 0.6 is 23.4 Å². The van der Waals surface area contributed by atoms with Crippen LogP contribution < -0.4 is 11.3 Å². The topological polar surface area (TPSA) is 84.7 Å². The molecule has 3 N–H and O–H groups in total. The van der Waals surface area contributed by atoms with Crippen molar-refractivity contribution in [2.24, 2.45) is 0 Å². The van der Waals surface area contributed by atoms with Gasteiger partial charge in [0.1, 0.15) is 10.2 Å². The second-order valence-corrected chi connectivity index (χ2v) is 4.69. The SMILES string of the molecule is Cc1cc(=O)[nH]c(Sc2nc(Cl)ccc2N)n1. The maximum atomic E-state index is 11.3. The zero-order chi connectivity index (χ0) is 12.4. The molecule has 0 saturated carbocycles. The second-order valence-electron chi connectivity index (χ2n) is 3.32. The summed E-state index contributed by atoms with van der Waals surface area (Å²) in [6.45, 7) is 1.74. The summed E-state index contributed by atoms with van der Waals surface area (Å²) in [5, 5.41) is 1.31. The Hall–Kier alpha value is -1.53. The number of nitrogens with one attached hydrogen (secondary N) is 1. The van der Waals surface area contributed by atoms with Crippen LogP contribution in [0, 0.1) is 6.92 Å². The fourth-order valence-electron chi connectivity index (χ4n) is 1.20. The number of H-pyrrole nitrogens is 1. The Labute approximate surface area is 106 Å². The van der Waals surface area contributed by atoms with Crippen LogP contribution in [0.1, 0.15) is 5.69 Å². The molecule has 17 heavy (non-hydrogen) atoms. The third kappa shape index (κ3) is 2.98. The number of aromatic amines is 1. The first-order valence-electron chi connectivity index (χ1n) is 4.72. The molecule has 0 atom stereocenters. The van der Waals surface area contributed by atoms with Gasteiger partial charge in [0.2, 0.25) is 0 Å². The van der Waals surface area contributed by atoms with Gasteiger partial charge in [-0.25, -0.2) is 9.97 Å². The number of hydrogen-bond acceptors (Lipinski definition) is 5. The number of hydrogen-bond donors (Lipinski definition) is 2. The number of aromatic nitrogens is 3. The molecule has 0 amide bonds. The van der Waals surface area contributed by atoms with Gasteiger partial charge in [-0.15, -0.1) is 0 Å². The van der Waals surface area contributed by atoms with E-state index < -0.39 is 0 Å². The van der Waals surface area contributed by atoms with Gasteiger partial charge in [-0.3, -0.25) is 4.79 Å². The first-order chi connectivity index (χ1) is 8.04. The molecule has 88 valence electrons. The number of nitrogen functional groups attached to an aromatic ring is 1. The number of halogens is 1. The molecule has 0 bridgehead atoms. The molecule has 0 spiro atoms. The number of nitrogens with two attached hydrogens (primary N) is 1. The van der Waals surface area contributed by atoms with Gasteiger partial charge >= 0.3 is 0 Å². The van der Waals surface area contributed by atoms with Gasteiger partial charge in [0, 0.05) is 11.8 Å². The molecule has 0 aliphatic carbocycles. The Bertz CT molecular complexity index is 613. The van der Waals surface area contributed by atoms with Crippen molar-refractivity contribution in [1.29, 1.82) is 0 Å². The molecule has 5 nitrogen and oxygen atoms in total. The molecule has 0 fully saturated rings. The molecular formula is C10H9ClN4OS. The predicted octanol–water partition coefficient (Wildman–Crippen LogP) is 1.86. The third-order valence-electron chi connectivity index (χ3n) is 1.90. The fraction of sp³-hybridized carbons (Fsp3) is 0.100. The Morgan fingerprint density at radius 2 is 2.18 bits per heavy atom. The van der Waals surface area contributed by atoms with Crippen LogP contribution in [0.3, 0.4) is 0 Å². The molecule has 2 rings (SSSR count). The van der Waals surface area contributed by atoms with Gasteiger partial charge in [0.15, 0.2) is 5.16 Å². The highest BCUT2D eigenvalue weighted by molar-refractivity contribution is 7.99. The molecule has 0 radical (unpaired) electrons. The van der Waals surface area contributed by atoms with Crippen molar-refractivity contribution in [1.82, 2.24) is 15.0 Å². The average molecular weight is 269 g/mol. The highest BCUT2D eigenvalue weighted by Crippen LogP contribution is 2.28. The minimum atomic E-state index is -0.208. The number of anilines is 1. The second kappa shape index (κ2) is 4.77. The van der Waals surface area contributed by atoms with E-state index in [0.29, 0.717) is 26.7 Å². The molecule has 2 aromatic heterocycles. The molecule has 0 unspecified atom stereocenters. The van der Waals surface area contributed by atoms with Crippen molar-refractivity contribution >= 4 is 29.1 Å². The summed E-state index contributed by atoms with van der Waals surface area (Å²) in [6.07, 6.45) is 0. The Morgan fingerprint density at radius 3 is 2.88 bits per heavy atom. The summed E-state index contributed by atoms with van der Waals surface area (Å²) in [5.74, 6) is 0. The molecule has 0 saturated heterocycles. The van der Waals surface area contributed by atoms with E-state index in [1.165, 1.54) is 17.8 Å². The minimum Gasteiger partial charge on any atom is -0.397 e. The van der Waals surface area contributed by atoms with Crippen molar-refractivity contribution in [3.8, 4) is 0 Å². The Morgan fingerprint density at radius 1 is 1.41 bits per heavy atom. The van der Waals surface area contributed by atoms with Crippen LogP contribution in [-0.4, -0.2) is 15.0 Å². The molecular weight excluding hydrogens is 260 g/mol. The summed E-state index contributed by atoms with van der Waals surface area (Å²) in [7, 11) is 0. The lowest BCUT2D eigenvalue weighted by atomic mass is 10.4. The summed E-state index contributed by atoms with van der Waals surface area (Å²) in [4.78, 5) is 22.1. The Kier molecular flexibility index (Phi) is 3.35. The van der Waals surface area contributed by atoms with E-state index in [2.05, 4.69) is 15.0 Å². The quantitative estimate of drug-likeness (QED) is 0.641. The van der Waals surface area contributed by atoms with Gasteiger partial charge in [-0.2, -0.15) is 0 Å². The van der Waals surface area contributed by atoms with Crippen LogP contribution in [0.2, 0.25) is 5.15 Å². The summed E-state index contributed by atoms with van der Waals surface area (Å²) in [6, 6.07) is 4.68. The van der Waals surface area contributed by atoms with Gasteiger partial charge in [-0.05, 0) is 30.8 Å². The maximum absolute atomic E-state index is 11.3. The lowest BCUT2D eigenvalue weighted by Gasteiger charge is -2.04. The first-order valence-corrected chi connectivity index (χ1v) is 5.92. The van der Waals surface area contributed by atoms with Crippen LogP contribution in [0.25, 0.3) is 0 Å². The normalized spacial score (nSPS) is 10.5. The molecule has 2 heterocycles. The minimum absolute atomic E-state index is 0.208.